The highest BCUT2D eigenvalue weighted by molar-refractivity contribution is 5.84. The molecular weight excluding hydrogens is 765 g/mol. The van der Waals surface area contributed by atoms with E-state index in [9.17, 15) is 10.5 Å². The van der Waals surface area contributed by atoms with Crippen LogP contribution in [0.2, 0.25) is 0 Å². The number of benzene rings is 7. The molecule has 1 aliphatic heterocycles. The minimum atomic E-state index is -0.545. The second kappa shape index (κ2) is 15.5. The molecule has 9 nitrogen and oxygen atoms in total. The molecule has 1 aliphatic rings. The van der Waals surface area contributed by atoms with Gasteiger partial charge in [0, 0.05) is 44.5 Å². The summed E-state index contributed by atoms with van der Waals surface area (Å²) in [7, 11) is 0. The SMILES string of the molecule is CC1(C)Oc2cc(-c3cc(-c4nc(-c5ccccc5)nc(-c5ccc(C#N)cc5)n4)cc(-c4nc(-c5ccccc5)nc(-c5ccc(C#N)cc5)n4)c3)ccc2-c2ccccc21. The Kier molecular flexibility index (Phi) is 9.40. The third-order valence-electron chi connectivity index (χ3n) is 10.9. The molecule has 62 heavy (non-hydrogen) atoms. The van der Waals surface area contributed by atoms with E-state index in [4.69, 9.17) is 34.6 Å². The van der Waals surface area contributed by atoms with Crippen LogP contribution < -0.4 is 4.74 Å². The quantitative estimate of drug-likeness (QED) is 0.154. The van der Waals surface area contributed by atoms with E-state index in [0.29, 0.717) is 57.2 Å². The smallest absolute Gasteiger partial charge is 0.164 e. The van der Waals surface area contributed by atoms with Crippen LogP contribution in [0.4, 0.5) is 0 Å². The van der Waals surface area contributed by atoms with Crippen molar-refractivity contribution in [2.24, 2.45) is 0 Å². The summed E-state index contributed by atoms with van der Waals surface area (Å²) in [5.74, 6) is 3.58. The topological polar surface area (TPSA) is 134 Å². The molecule has 0 N–H and O–H groups in total. The van der Waals surface area contributed by atoms with Crippen LogP contribution in [0.3, 0.4) is 0 Å². The molecule has 0 saturated carbocycles. The summed E-state index contributed by atoms with van der Waals surface area (Å²) in [4.78, 5) is 30.2. The van der Waals surface area contributed by atoms with Crippen molar-refractivity contribution in [1.29, 1.82) is 10.5 Å². The first-order valence-corrected chi connectivity index (χ1v) is 20.1. The van der Waals surface area contributed by atoms with Gasteiger partial charge in [-0.05, 0) is 103 Å². The number of aromatic nitrogens is 6. The predicted octanol–water partition coefficient (Wildman–Crippen LogP) is 11.8. The summed E-state index contributed by atoms with van der Waals surface area (Å²) >= 11 is 0. The molecule has 9 aromatic rings. The van der Waals surface area contributed by atoms with Gasteiger partial charge in [-0.3, -0.25) is 0 Å². The van der Waals surface area contributed by atoms with Gasteiger partial charge in [0.2, 0.25) is 0 Å². The molecular formula is C53H34N8O. The van der Waals surface area contributed by atoms with Crippen molar-refractivity contribution in [3.05, 3.63) is 187 Å². The Bertz CT molecular complexity index is 3080. The van der Waals surface area contributed by atoms with Gasteiger partial charge in [0.05, 0.1) is 23.3 Å². The highest BCUT2D eigenvalue weighted by Crippen LogP contribution is 2.47. The van der Waals surface area contributed by atoms with E-state index >= 15 is 0 Å². The molecule has 9 heteroatoms. The van der Waals surface area contributed by atoms with Crippen LogP contribution in [0.15, 0.2) is 170 Å². The van der Waals surface area contributed by atoms with E-state index in [-0.39, 0.29) is 0 Å². The second-order valence-corrected chi connectivity index (χ2v) is 15.4. The number of nitriles is 2. The maximum absolute atomic E-state index is 9.52. The summed E-state index contributed by atoms with van der Waals surface area (Å²) < 4.78 is 6.72. The number of ether oxygens (including phenoxy) is 1. The normalized spacial score (nSPS) is 12.3. The zero-order valence-electron chi connectivity index (χ0n) is 33.7. The summed E-state index contributed by atoms with van der Waals surface area (Å²) in [6, 6.07) is 59.2. The summed E-state index contributed by atoms with van der Waals surface area (Å²) in [6.45, 7) is 4.18. The van der Waals surface area contributed by atoms with Crippen LogP contribution in [-0.2, 0) is 5.60 Å². The zero-order valence-corrected chi connectivity index (χ0v) is 33.7. The van der Waals surface area contributed by atoms with Gasteiger partial charge >= 0.3 is 0 Å². The standard InChI is InChI=1S/C53H34N8O/c1-53(2)45-16-10-9-15-43(45)44-26-25-39(30-46(44)62-53)40-27-41(51-58-47(35-11-5-3-6-12-35)56-49(60-51)37-21-17-33(31-54)18-22-37)29-42(28-40)52-59-48(36-13-7-4-8-14-36)57-50(61-52)38-23-19-34(32-55)20-24-38/h3-30H,1-2H3. The molecule has 292 valence electrons. The van der Waals surface area contributed by atoms with Gasteiger partial charge in [-0.1, -0.05) is 97.1 Å². The van der Waals surface area contributed by atoms with Gasteiger partial charge in [0.25, 0.3) is 0 Å². The maximum Gasteiger partial charge on any atom is 0.164 e. The Labute approximate surface area is 358 Å². The first-order valence-electron chi connectivity index (χ1n) is 20.1. The Balaban J connectivity index is 1.21. The van der Waals surface area contributed by atoms with Gasteiger partial charge in [-0.2, -0.15) is 10.5 Å². The van der Waals surface area contributed by atoms with Crippen LogP contribution in [0.5, 0.6) is 5.75 Å². The minimum Gasteiger partial charge on any atom is -0.482 e. The first kappa shape index (κ1) is 37.6. The fraction of sp³-hybridized carbons (Fsp3) is 0.0566. The molecule has 3 heterocycles. The molecule has 2 aromatic heterocycles. The largest absolute Gasteiger partial charge is 0.482 e. The maximum atomic E-state index is 9.52. The number of rotatable bonds is 7. The lowest BCUT2D eigenvalue weighted by Crippen LogP contribution is -2.29. The second-order valence-electron chi connectivity index (χ2n) is 15.4. The van der Waals surface area contributed by atoms with Gasteiger partial charge < -0.3 is 4.74 Å². The van der Waals surface area contributed by atoms with Gasteiger partial charge in [-0.15, -0.1) is 0 Å². The fourth-order valence-corrected chi connectivity index (χ4v) is 7.72. The van der Waals surface area contributed by atoms with Crippen LogP contribution >= 0.6 is 0 Å². The van der Waals surface area contributed by atoms with Crippen molar-refractivity contribution < 1.29 is 4.74 Å². The lowest BCUT2D eigenvalue weighted by atomic mass is 9.85. The summed E-state index contributed by atoms with van der Waals surface area (Å²) in [6.07, 6.45) is 0. The minimum absolute atomic E-state index is 0.440. The molecule has 0 atom stereocenters. The molecule has 0 radical (unpaired) electrons. The molecule has 7 aromatic carbocycles. The summed E-state index contributed by atoms with van der Waals surface area (Å²) in [5, 5.41) is 19.0. The Morgan fingerprint density at radius 2 is 0.758 bits per heavy atom. The average Bonchev–Trinajstić information content (AvgIpc) is 3.34. The zero-order chi connectivity index (χ0) is 42.2. The van der Waals surface area contributed by atoms with Crippen molar-refractivity contribution in [2.45, 2.75) is 19.4 Å². The fourth-order valence-electron chi connectivity index (χ4n) is 7.72. The van der Waals surface area contributed by atoms with E-state index in [0.717, 1.165) is 55.8 Å². The average molecular weight is 799 g/mol. The Hall–Kier alpha value is -8.66. The molecule has 0 saturated heterocycles. The van der Waals surface area contributed by atoms with Gasteiger partial charge in [0.1, 0.15) is 11.4 Å². The molecule has 0 bridgehead atoms. The molecule has 0 amide bonds. The number of hydrogen-bond donors (Lipinski definition) is 0. The highest BCUT2D eigenvalue weighted by atomic mass is 16.5. The van der Waals surface area contributed by atoms with Crippen LogP contribution in [-0.4, -0.2) is 29.9 Å². The Morgan fingerprint density at radius 3 is 1.23 bits per heavy atom. The molecule has 10 rings (SSSR count). The van der Waals surface area contributed by atoms with Crippen molar-refractivity contribution in [3.8, 4) is 108 Å². The number of fused-ring (bicyclic) bond motifs is 3. The lowest BCUT2D eigenvalue weighted by molar-refractivity contribution is 0.106. The van der Waals surface area contributed by atoms with E-state index < -0.39 is 5.60 Å². The summed E-state index contributed by atoms with van der Waals surface area (Å²) in [5.41, 5.74) is 10.2. The lowest BCUT2D eigenvalue weighted by Gasteiger charge is -2.35. The highest BCUT2D eigenvalue weighted by Gasteiger charge is 2.32. The molecule has 0 unspecified atom stereocenters. The van der Waals surface area contributed by atoms with Crippen molar-refractivity contribution in [1.82, 2.24) is 29.9 Å². The van der Waals surface area contributed by atoms with Crippen molar-refractivity contribution in [3.63, 3.8) is 0 Å². The number of nitrogens with zero attached hydrogens (tertiary/aromatic N) is 8. The van der Waals surface area contributed by atoms with E-state index in [1.165, 1.54) is 0 Å². The van der Waals surface area contributed by atoms with Gasteiger partial charge in [-0.25, -0.2) is 29.9 Å². The third-order valence-corrected chi connectivity index (χ3v) is 10.9. The molecule has 0 fully saturated rings. The predicted molar refractivity (Wildman–Crippen MR) is 240 cm³/mol. The van der Waals surface area contributed by atoms with E-state index in [2.05, 4.69) is 74.5 Å². The van der Waals surface area contributed by atoms with Gasteiger partial charge in [0.15, 0.2) is 34.9 Å². The number of hydrogen-bond acceptors (Lipinski definition) is 9. The van der Waals surface area contributed by atoms with Crippen molar-refractivity contribution in [2.75, 3.05) is 0 Å². The van der Waals surface area contributed by atoms with Crippen molar-refractivity contribution >= 4 is 0 Å². The van der Waals surface area contributed by atoms with Crippen LogP contribution in [0.1, 0.15) is 30.5 Å². The molecule has 0 spiro atoms. The van der Waals surface area contributed by atoms with E-state index in [1.807, 2.05) is 97.1 Å². The Morgan fingerprint density at radius 1 is 0.371 bits per heavy atom. The molecule has 0 aliphatic carbocycles. The third kappa shape index (κ3) is 7.21. The first-order chi connectivity index (χ1) is 30.3. The van der Waals surface area contributed by atoms with Crippen LogP contribution in [0, 0.1) is 22.7 Å². The van der Waals surface area contributed by atoms with E-state index in [1.54, 1.807) is 24.3 Å². The van der Waals surface area contributed by atoms with Crippen LogP contribution in [0.25, 0.3) is 90.6 Å². The monoisotopic (exact) mass is 798 g/mol.